The van der Waals surface area contributed by atoms with E-state index in [-0.39, 0.29) is 0 Å². The molecular formula is C14H19N3. The Bertz CT molecular complexity index is 483. The zero-order chi connectivity index (χ0) is 12.3. The van der Waals surface area contributed by atoms with Gasteiger partial charge in [0.1, 0.15) is 5.82 Å². The van der Waals surface area contributed by atoms with E-state index >= 15 is 0 Å². The number of aryl methyl sites for hydroxylation is 2. The molecule has 2 N–H and O–H groups in total. The zero-order valence-corrected chi connectivity index (χ0v) is 10.5. The normalized spacial score (nSPS) is 10.7. The number of anilines is 1. The molecule has 0 saturated carbocycles. The molecule has 1 heterocycles. The molecule has 1 aromatic carbocycles. The summed E-state index contributed by atoms with van der Waals surface area (Å²) in [6.07, 6.45) is 2.26. The second-order valence-corrected chi connectivity index (χ2v) is 4.40. The molecule has 0 fully saturated rings. The van der Waals surface area contributed by atoms with E-state index in [9.17, 15) is 0 Å². The fourth-order valence-electron chi connectivity index (χ4n) is 1.78. The number of benzene rings is 1. The molecule has 0 saturated heterocycles. The summed E-state index contributed by atoms with van der Waals surface area (Å²) in [5, 5.41) is 4.54. The lowest BCUT2D eigenvalue weighted by Gasteiger charge is -2.01. The minimum Gasteiger partial charge on any atom is -0.384 e. The first-order chi connectivity index (χ1) is 8.20. The highest BCUT2D eigenvalue weighted by atomic mass is 15.3. The van der Waals surface area contributed by atoms with Gasteiger partial charge in [-0.05, 0) is 13.3 Å². The van der Waals surface area contributed by atoms with Gasteiger partial charge in [-0.25, -0.2) is 4.68 Å². The van der Waals surface area contributed by atoms with E-state index < -0.39 is 0 Å². The Labute approximate surface area is 102 Å². The van der Waals surface area contributed by atoms with Gasteiger partial charge >= 0.3 is 0 Å². The summed E-state index contributed by atoms with van der Waals surface area (Å²) in [5.41, 5.74) is 9.29. The number of hydrogen-bond acceptors (Lipinski definition) is 2. The molecule has 90 valence electrons. The summed E-state index contributed by atoms with van der Waals surface area (Å²) >= 11 is 0. The molecule has 3 nitrogen and oxygen atoms in total. The number of nitrogen functional groups attached to an aromatic ring is 1. The van der Waals surface area contributed by atoms with Crippen LogP contribution in [-0.4, -0.2) is 9.78 Å². The molecule has 2 rings (SSSR count). The number of nitrogens with two attached hydrogens (primary N) is 1. The molecule has 3 heteroatoms. The SMILES string of the molecule is CCCCn1nc(-c2ccc(C)cc2)cc1N. The molecule has 0 spiro atoms. The van der Waals surface area contributed by atoms with E-state index in [0.717, 1.165) is 36.5 Å². The van der Waals surface area contributed by atoms with Gasteiger partial charge in [-0.3, -0.25) is 0 Å². The Morgan fingerprint density at radius 2 is 1.94 bits per heavy atom. The maximum Gasteiger partial charge on any atom is 0.122 e. The van der Waals surface area contributed by atoms with Gasteiger partial charge < -0.3 is 5.73 Å². The summed E-state index contributed by atoms with van der Waals surface area (Å²) in [5.74, 6) is 0.744. The summed E-state index contributed by atoms with van der Waals surface area (Å²) in [6.45, 7) is 5.15. The minimum absolute atomic E-state index is 0.744. The van der Waals surface area contributed by atoms with Crippen LogP contribution in [0.5, 0.6) is 0 Å². The van der Waals surface area contributed by atoms with Crippen molar-refractivity contribution < 1.29 is 0 Å². The first-order valence-electron chi connectivity index (χ1n) is 6.11. The van der Waals surface area contributed by atoms with Gasteiger partial charge in [0.05, 0.1) is 5.69 Å². The van der Waals surface area contributed by atoms with Gasteiger partial charge in [0.2, 0.25) is 0 Å². The van der Waals surface area contributed by atoms with Crippen molar-refractivity contribution >= 4 is 5.82 Å². The maximum absolute atomic E-state index is 5.95. The number of hydrogen-bond donors (Lipinski definition) is 1. The standard InChI is InChI=1S/C14H19N3/c1-3-4-9-17-14(15)10-13(16-17)12-7-5-11(2)6-8-12/h5-8,10H,3-4,9,15H2,1-2H3. The molecule has 0 amide bonds. The van der Waals surface area contributed by atoms with Gasteiger partial charge in [0, 0.05) is 18.2 Å². The molecule has 1 aromatic heterocycles. The summed E-state index contributed by atoms with van der Waals surface area (Å²) in [6, 6.07) is 10.3. The first-order valence-corrected chi connectivity index (χ1v) is 6.11. The molecule has 0 unspecified atom stereocenters. The fourth-order valence-corrected chi connectivity index (χ4v) is 1.78. The zero-order valence-electron chi connectivity index (χ0n) is 10.5. The Balaban J connectivity index is 2.24. The van der Waals surface area contributed by atoms with E-state index in [1.807, 2.05) is 10.7 Å². The maximum atomic E-state index is 5.95. The van der Waals surface area contributed by atoms with Crippen molar-refractivity contribution in [2.45, 2.75) is 33.2 Å². The van der Waals surface area contributed by atoms with Gasteiger partial charge in [-0.2, -0.15) is 5.10 Å². The van der Waals surface area contributed by atoms with Crippen LogP contribution in [0.1, 0.15) is 25.3 Å². The van der Waals surface area contributed by atoms with Crippen LogP contribution in [0.25, 0.3) is 11.3 Å². The van der Waals surface area contributed by atoms with Crippen LogP contribution in [0.2, 0.25) is 0 Å². The summed E-state index contributed by atoms with van der Waals surface area (Å²) < 4.78 is 1.89. The highest BCUT2D eigenvalue weighted by molar-refractivity contribution is 5.62. The molecule has 0 bridgehead atoms. The topological polar surface area (TPSA) is 43.8 Å². The van der Waals surface area contributed by atoms with Crippen LogP contribution in [-0.2, 0) is 6.54 Å². The van der Waals surface area contributed by atoms with E-state index in [4.69, 9.17) is 5.73 Å². The summed E-state index contributed by atoms with van der Waals surface area (Å²) in [4.78, 5) is 0. The van der Waals surface area contributed by atoms with Crippen LogP contribution in [0.15, 0.2) is 30.3 Å². The van der Waals surface area contributed by atoms with Crippen LogP contribution in [0, 0.1) is 6.92 Å². The number of nitrogens with zero attached hydrogens (tertiary/aromatic N) is 2. The third-order valence-electron chi connectivity index (χ3n) is 2.88. The van der Waals surface area contributed by atoms with E-state index in [2.05, 4.69) is 43.2 Å². The highest BCUT2D eigenvalue weighted by Gasteiger charge is 2.06. The lowest BCUT2D eigenvalue weighted by molar-refractivity contribution is 0.580. The highest BCUT2D eigenvalue weighted by Crippen LogP contribution is 2.21. The molecular weight excluding hydrogens is 210 g/mol. The Kier molecular flexibility index (Phi) is 3.47. The second kappa shape index (κ2) is 5.04. The van der Waals surface area contributed by atoms with Crippen molar-refractivity contribution in [3.63, 3.8) is 0 Å². The molecule has 0 atom stereocenters. The monoisotopic (exact) mass is 229 g/mol. The van der Waals surface area contributed by atoms with Gasteiger partial charge in [-0.15, -0.1) is 0 Å². The van der Waals surface area contributed by atoms with Crippen LogP contribution >= 0.6 is 0 Å². The number of aromatic nitrogens is 2. The van der Waals surface area contributed by atoms with Crippen molar-refractivity contribution in [3.05, 3.63) is 35.9 Å². The van der Waals surface area contributed by atoms with Gasteiger partial charge in [0.15, 0.2) is 0 Å². The van der Waals surface area contributed by atoms with Crippen molar-refractivity contribution in [3.8, 4) is 11.3 Å². The molecule has 0 aliphatic heterocycles. The van der Waals surface area contributed by atoms with Crippen LogP contribution < -0.4 is 5.73 Å². The first kappa shape index (κ1) is 11.7. The largest absolute Gasteiger partial charge is 0.384 e. The Morgan fingerprint density at radius 1 is 1.24 bits per heavy atom. The average molecular weight is 229 g/mol. The van der Waals surface area contributed by atoms with Crippen LogP contribution in [0.4, 0.5) is 5.82 Å². The smallest absolute Gasteiger partial charge is 0.122 e. The number of rotatable bonds is 4. The van der Waals surface area contributed by atoms with Crippen molar-refractivity contribution in [2.24, 2.45) is 0 Å². The van der Waals surface area contributed by atoms with E-state index in [0.29, 0.717) is 0 Å². The van der Waals surface area contributed by atoms with Gasteiger partial charge in [0.25, 0.3) is 0 Å². The van der Waals surface area contributed by atoms with Crippen LogP contribution in [0.3, 0.4) is 0 Å². The van der Waals surface area contributed by atoms with Crippen molar-refractivity contribution in [2.75, 3.05) is 5.73 Å². The number of unbranched alkanes of at least 4 members (excludes halogenated alkanes) is 1. The second-order valence-electron chi connectivity index (χ2n) is 4.40. The molecule has 0 aliphatic carbocycles. The third kappa shape index (κ3) is 2.67. The Morgan fingerprint density at radius 3 is 2.59 bits per heavy atom. The predicted molar refractivity (Wildman–Crippen MR) is 71.7 cm³/mol. The van der Waals surface area contributed by atoms with Gasteiger partial charge in [-0.1, -0.05) is 43.2 Å². The molecule has 0 aliphatic rings. The fraction of sp³-hybridized carbons (Fsp3) is 0.357. The molecule has 0 radical (unpaired) electrons. The summed E-state index contributed by atoms with van der Waals surface area (Å²) in [7, 11) is 0. The predicted octanol–water partition coefficient (Wildman–Crippen LogP) is 3.24. The minimum atomic E-state index is 0.744. The average Bonchev–Trinajstić information content (AvgIpc) is 2.69. The molecule has 2 aromatic rings. The lowest BCUT2D eigenvalue weighted by Crippen LogP contribution is -2.04. The third-order valence-corrected chi connectivity index (χ3v) is 2.88. The van der Waals surface area contributed by atoms with Crippen molar-refractivity contribution in [1.82, 2.24) is 9.78 Å². The van der Waals surface area contributed by atoms with Crippen molar-refractivity contribution in [1.29, 1.82) is 0 Å². The van der Waals surface area contributed by atoms with E-state index in [1.165, 1.54) is 5.56 Å². The quantitative estimate of drug-likeness (QED) is 0.874. The Hall–Kier alpha value is -1.77. The molecule has 17 heavy (non-hydrogen) atoms. The lowest BCUT2D eigenvalue weighted by atomic mass is 10.1. The van der Waals surface area contributed by atoms with E-state index in [1.54, 1.807) is 0 Å².